The normalized spacial score (nSPS) is 11.1. The summed E-state index contributed by atoms with van der Waals surface area (Å²) in [6, 6.07) is 9.68. The lowest BCUT2D eigenvalue weighted by atomic mass is 10.2. The number of ether oxygens (including phenoxy) is 1. The molecule has 0 aliphatic heterocycles. The van der Waals surface area contributed by atoms with Gasteiger partial charge in [0.15, 0.2) is 0 Å². The monoisotopic (exact) mass is 230 g/mol. The van der Waals surface area contributed by atoms with Gasteiger partial charge in [-0.2, -0.15) is 0 Å². The fraction of sp³-hybridized carbons (Fsp3) is 0.267. The molecule has 2 heteroatoms. The molecular formula is C15H18O2. The minimum absolute atomic E-state index is 0.293. The summed E-state index contributed by atoms with van der Waals surface area (Å²) in [4.78, 5) is 11.3. The molecule has 0 unspecified atom stereocenters. The summed E-state index contributed by atoms with van der Waals surface area (Å²) >= 11 is 0. The summed E-state index contributed by atoms with van der Waals surface area (Å²) in [6.07, 6.45) is 9.09. The highest BCUT2D eigenvalue weighted by molar-refractivity contribution is 5.86. The van der Waals surface area contributed by atoms with Crippen molar-refractivity contribution in [1.82, 2.24) is 0 Å². The van der Waals surface area contributed by atoms with Crippen LogP contribution in [0, 0.1) is 0 Å². The van der Waals surface area contributed by atoms with E-state index in [9.17, 15) is 4.79 Å². The van der Waals surface area contributed by atoms with Crippen molar-refractivity contribution in [1.29, 1.82) is 0 Å². The van der Waals surface area contributed by atoms with Gasteiger partial charge in [-0.1, -0.05) is 49.4 Å². The molecule has 0 amide bonds. The quantitative estimate of drug-likeness (QED) is 0.323. The molecule has 0 atom stereocenters. The third kappa shape index (κ3) is 6.36. The van der Waals surface area contributed by atoms with Gasteiger partial charge in [0.05, 0.1) is 6.61 Å². The van der Waals surface area contributed by atoms with Gasteiger partial charge in [-0.25, -0.2) is 4.79 Å². The number of hydrogen-bond acceptors (Lipinski definition) is 2. The van der Waals surface area contributed by atoms with Crippen molar-refractivity contribution in [3.63, 3.8) is 0 Å². The van der Waals surface area contributed by atoms with Crippen LogP contribution in [0.25, 0.3) is 6.08 Å². The molecule has 0 heterocycles. The van der Waals surface area contributed by atoms with Crippen LogP contribution in [-0.2, 0) is 9.53 Å². The SMILES string of the molecule is CC/C=C/CCOC(=O)C=Cc1ccccc1. The molecule has 90 valence electrons. The molecule has 0 saturated heterocycles. The standard InChI is InChI=1S/C15H18O2/c1-2-3-4-8-13-17-15(16)12-11-14-9-6-5-7-10-14/h3-7,9-12H,2,8,13H2,1H3/b4-3+,12-11?. The maximum Gasteiger partial charge on any atom is 0.330 e. The number of hydrogen-bond donors (Lipinski definition) is 0. The van der Waals surface area contributed by atoms with Gasteiger partial charge in [-0.05, 0) is 24.5 Å². The van der Waals surface area contributed by atoms with Crippen LogP contribution in [0.15, 0.2) is 48.6 Å². The van der Waals surface area contributed by atoms with Gasteiger partial charge >= 0.3 is 5.97 Å². The Balaban J connectivity index is 2.25. The molecule has 0 fully saturated rings. The highest BCUT2D eigenvalue weighted by Crippen LogP contribution is 2.01. The molecule has 0 bridgehead atoms. The topological polar surface area (TPSA) is 26.3 Å². The van der Waals surface area contributed by atoms with E-state index in [1.165, 1.54) is 6.08 Å². The zero-order chi connectivity index (χ0) is 12.3. The van der Waals surface area contributed by atoms with E-state index in [-0.39, 0.29) is 5.97 Å². The van der Waals surface area contributed by atoms with Crippen LogP contribution in [0.4, 0.5) is 0 Å². The summed E-state index contributed by atoms with van der Waals surface area (Å²) in [7, 11) is 0. The third-order valence-corrected chi connectivity index (χ3v) is 2.14. The van der Waals surface area contributed by atoms with Crippen LogP contribution < -0.4 is 0 Å². The van der Waals surface area contributed by atoms with Crippen LogP contribution in [0.1, 0.15) is 25.3 Å². The van der Waals surface area contributed by atoms with Crippen LogP contribution >= 0.6 is 0 Å². The van der Waals surface area contributed by atoms with Gasteiger partial charge in [-0.3, -0.25) is 0 Å². The van der Waals surface area contributed by atoms with Gasteiger partial charge < -0.3 is 4.74 Å². The minimum atomic E-state index is -0.293. The number of carbonyl (C=O) groups is 1. The Labute approximate surface area is 103 Å². The van der Waals surface area contributed by atoms with Crippen molar-refractivity contribution in [2.45, 2.75) is 19.8 Å². The molecular weight excluding hydrogens is 212 g/mol. The smallest absolute Gasteiger partial charge is 0.330 e. The Bertz CT molecular complexity index is 377. The molecule has 2 nitrogen and oxygen atoms in total. The van der Waals surface area contributed by atoms with Crippen molar-refractivity contribution in [3.8, 4) is 0 Å². The van der Waals surface area contributed by atoms with Gasteiger partial charge in [0.1, 0.15) is 0 Å². The fourth-order valence-electron chi connectivity index (χ4n) is 1.29. The van der Waals surface area contributed by atoms with Gasteiger partial charge in [-0.15, -0.1) is 0 Å². The van der Waals surface area contributed by atoms with Crippen molar-refractivity contribution in [3.05, 3.63) is 54.1 Å². The second-order valence-corrected chi connectivity index (χ2v) is 3.58. The predicted molar refractivity (Wildman–Crippen MR) is 70.5 cm³/mol. The Morgan fingerprint density at radius 2 is 2.00 bits per heavy atom. The number of rotatable bonds is 6. The number of allylic oxidation sites excluding steroid dienone is 1. The molecule has 1 aromatic carbocycles. The average Bonchev–Trinajstić information content (AvgIpc) is 2.37. The first-order valence-electron chi connectivity index (χ1n) is 5.88. The van der Waals surface area contributed by atoms with E-state index >= 15 is 0 Å². The lowest BCUT2D eigenvalue weighted by Gasteiger charge is -1.98. The zero-order valence-electron chi connectivity index (χ0n) is 10.1. The van der Waals surface area contributed by atoms with E-state index in [1.807, 2.05) is 36.4 Å². The molecule has 0 aliphatic carbocycles. The summed E-state index contributed by atoms with van der Waals surface area (Å²) in [5, 5.41) is 0. The summed E-state index contributed by atoms with van der Waals surface area (Å²) < 4.78 is 5.03. The van der Waals surface area contributed by atoms with Crippen molar-refractivity contribution in [2.75, 3.05) is 6.61 Å². The molecule has 0 N–H and O–H groups in total. The summed E-state index contributed by atoms with van der Waals surface area (Å²) in [5.41, 5.74) is 0.996. The van der Waals surface area contributed by atoms with Gasteiger partial charge in [0, 0.05) is 6.08 Å². The van der Waals surface area contributed by atoms with Crippen LogP contribution in [0.5, 0.6) is 0 Å². The Kier molecular flexibility index (Phi) is 6.49. The maximum absolute atomic E-state index is 11.3. The molecule has 0 spiro atoms. The van der Waals surface area contributed by atoms with Crippen molar-refractivity contribution < 1.29 is 9.53 Å². The van der Waals surface area contributed by atoms with E-state index in [1.54, 1.807) is 6.08 Å². The van der Waals surface area contributed by atoms with E-state index in [2.05, 4.69) is 13.0 Å². The molecule has 0 radical (unpaired) electrons. The van der Waals surface area contributed by atoms with E-state index in [4.69, 9.17) is 4.74 Å². The molecule has 1 aromatic rings. The molecule has 0 aliphatic rings. The highest BCUT2D eigenvalue weighted by atomic mass is 16.5. The zero-order valence-corrected chi connectivity index (χ0v) is 10.1. The Morgan fingerprint density at radius 1 is 1.24 bits per heavy atom. The largest absolute Gasteiger partial charge is 0.462 e. The van der Waals surface area contributed by atoms with Crippen LogP contribution in [0.3, 0.4) is 0 Å². The molecule has 17 heavy (non-hydrogen) atoms. The van der Waals surface area contributed by atoms with E-state index < -0.39 is 0 Å². The fourth-order valence-corrected chi connectivity index (χ4v) is 1.29. The Morgan fingerprint density at radius 3 is 2.71 bits per heavy atom. The molecule has 0 saturated carbocycles. The predicted octanol–water partition coefficient (Wildman–Crippen LogP) is 3.60. The Hall–Kier alpha value is -1.83. The van der Waals surface area contributed by atoms with Gasteiger partial charge in [0.2, 0.25) is 0 Å². The minimum Gasteiger partial charge on any atom is -0.462 e. The summed E-state index contributed by atoms with van der Waals surface area (Å²) in [6.45, 7) is 2.51. The van der Waals surface area contributed by atoms with Crippen molar-refractivity contribution >= 4 is 12.0 Å². The number of esters is 1. The van der Waals surface area contributed by atoms with E-state index in [0.717, 1.165) is 18.4 Å². The maximum atomic E-state index is 11.3. The first kappa shape index (κ1) is 13.2. The van der Waals surface area contributed by atoms with Crippen molar-refractivity contribution in [2.24, 2.45) is 0 Å². The highest BCUT2D eigenvalue weighted by Gasteiger charge is 1.94. The lowest BCUT2D eigenvalue weighted by molar-refractivity contribution is -0.137. The molecule has 1 rings (SSSR count). The summed E-state index contributed by atoms with van der Waals surface area (Å²) in [5.74, 6) is -0.293. The van der Waals surface area contributed by atoms with Crippen LogP contribution in [0.2, 0.25) is 0 Å². The average molecular weight is 230 g/mol. The van der Waals surface area contributed by atoms with E-state index in [0.29, 0.717) is 6.61 Å². The number of benzene rings is 1. The first-order valence-corrected chi connectivity index (χ1v) is 5.88. The second-order valence-electron chi connectivity index (χ2n) is 3.58. The first-order chi connectivity index (χ1) is 8.33. The lowest BCUT2D eigenvalue weighted by Crippen LogP contribution is -2.01. The third-order valence-electron chi connectivity index (χ3n) is 2.14. The van der Waals surface area contributed by atoms with Gasteiger partial charge in [0.25, 0.3) is 0 Å². The molecule has 0 aromatic heterocycles. The van der Waals surface area contributed by atoms with Crippen LogP contribution in [-0.4, -0.2) is 12.6 Å². The second kappa shape index (κ2) is 8.34. The number of carbonyl (C=O) groups excluding carboxylic acids is 1.